The van der Waals surface area contributed by atoms with E-state index in [1.165, 1.54) is 48.9 Å². The molecule has 1 aliphatic carbocycles. The van der Waals surface area contributed by atoms with Crippen LogP contribution in [0.2, 0.25) is 0 Å². The van der Waals surface area contributed by atoms with Crippen LogP contribution in [0.25, 0.3) is 0 Å². The van der Waals surface area contributed by atoms with E-state index >= 15 is 0 Å². The van der Waals surface area contributed by atoms with Crippen LogP contribution < -0.4 is 5.32 Å². The molecule has 3 aromatic rings. The largest absolute Gasteiger partial charge is 0.508 e. The molecule has 2 fully saturated rings. The molecule has 1 aliphatic heterocycles. The van der Waals surface area contributed by atoms with E-state index in [1.54, 1.807) is 31.3 Å². The minimum atomic E-state index is -0.785. The molecule has 2 unspecified atom stereocenters. The summed E-state index contributed by atoms with van der Waals surface area (Å²) < 4.78 is 16.0. The minimum Gasteiger partial charge on any atom is -0.508 e. The smallest absolute Gasteiger partial charge is 0.320 e. The van der Waals surface area contributed by atoms with Gasteiger partial charge in [0.2, 0.25) is 0 Å². The summed E-state index contributed by atoms with van der Waals surface area (Å²) in [6, 6.07) is 16.6. The number of benzene rings is 2. The molecule has 0 spiro atoms. The Morgan fingerprint density at radius 1 is 1.07 bits per heavy atom. The summed E-state index contributed by atoms with van der Waals surface area (Å²) in [6.07, 6.45) is 6.82. The number of likely N-dealkylation sites (tertiary alicyclic amines) is 1. The minimum absolute atomic E-state index is 0.110. The zero-order valence-corrected chi connectivity index (χ0v) is 26.2. The third kappa shape index (κ3) is 8.89. The highest BCUT2D eigenvalue weighted by molar-refractivity contribution is 5.73. The molecule has 43 heavy (non-hydrogen) atoms. The van der Waals surface area contributed by atoms with Crippen LogP contribution in [0.15, 0.2) is 54.6 Å². The highest BCUT2D eigenvalue weighted by Crippen LogP contribution is 2.41. The molecule has 5 rings (SSSR count). The van der Waals surface area contributed by atoms with Gasteiger partial charge in [0.25, 0.3) is 0 Å². The van der Waals surface area contributed by atoms with Crippen molar-refractivity contribution in [2.24, 2.45) is 11.8 Å². The predicted molar refractivity (Wildman–Crippen MR) is 169 cm³/mol. The van der Waals surface area contributed by atoms with Crippen LogP contribution in [0.5, 0.6) is 5.75 Å². The van der Waals surface area contributed by atoms with Crippen molar-refractivity contribution in [1.82, 2.24) is 20.0 Å². The number of carboxylic acid groups (broad SMARTS) is 1. The number of piperidine rings is 1. The first-order valence-corrected chi connectivity index (χ1v) is 15.9. The number of carboxylic acids is 1. The van der Waals surface area contributed by atoms with Gasteiger partial charge in [0.15, 0.2) is 0 Å². The number of nitrogens with one attached hydrogen (secondary N) is 1. The summed E-state index contributed by atoms with van der Waals surface area (Å²) in [6.45, 7) is 10.2. The summed E-state index contributed by atoms with van der Waals surface area (Å²) in [5.41, 5.74) is 4.83. The maximum Gasteiger partial charge on any atom is 0.320 e. The van der Waals surface area contributed by atoms with Gasteiger partial charge in [-0.05, 0) is 112 Å². The lowest BCUT2D eigenvalue weighted by Gasteiger charge is -2.35. The first-order chi connectivity index (χ1) is 20.7. The van der Waals surface area contributed by atoms with Gasteiger partial charge in [0, 0.05) is 31.1 Å². The Kier molecular flexibility index (Phi) is 11.8. The van der Waals surface area contributed by atoms with Crippen LogP contribution in [0.1, 0.15) is 87.2 Å². The summed E-state index contributed by atoms with van der Waals surface area (Å²) in [7, 11) is 1.65. The molecule has 1 saturated heterocycles. The highest BCUT2D eigenvalue weighted by Gasteiger charge is 2.32. The summed E-state index contributed by atoms with van der Waals surface area (Å²) in [5.74, 6) is 1.24. The van der Waals surface area contributed by atoms with Gasteiger partial charge in [-0.2, -0.15) is 5.10 Å². The molecule has 234 valence electrons. The van der Waals surface area contributed by atoms with E-state index in [9.17, 15) is 14.3 Å². The number of rotatable bonds is 10. The van der Waals surface area contributed by atoms with E-state index in [1.807, 2.05) is 32.0 Å². The predicted octanol–water partition coefficient (Wildman–Crippen LogP) is 6.42. The number of aryl methyl sites for hydroxylation is 1. The molecule has 1 aromatic heterocycles. The molecule has 8 heteroatoms. The quantitative estimate of drug-likeness (QED) is 0.252. The second-order valence-corrected chi connectivity index (χ2v) is 12.5. The Hall–Kier alpha value is -3.23. The van der Waals surface area contributed by atoms with Gasteiger partial charge >= 0.3 is 5.97 Å². The zero-order chi connectivity index (χ0) is 30.9. The Morgan fingerprint density at radius 3 is 2.37 bits per heavy atom. The SMILES string of the molecule is CCn1nc(Cc2ccc(O)cc2)cc1C1CCN(CC2CCC[C@@H]2c2cccc(F)c2)CC1.CNC(C(=O)O)C(C)C. The first-order valence-electron chi connectivity index (χ1n) is 15.9. The Morgan fingerprint density at radius 2 is 1.79 bits per heavy atom. The second-order valence-electron chi connectivity index (χ2n) is 12.5. The van der Waals surface area contributed by atoms with Crippen LogP contribution in [0, 0.1) is 17.7 Å². The summed E-state index contributed by atoms with van der Waals surface area (Å²) >= 11 is 0. The van der Waals surface area contributed by atoms with Crippen LogP contribution in [-0.2, 0) is 17.8 Å². The number of carbonyl (C=O) groups is 1. The van der Waals surface area contributed by atoms with E-state index in [-0.39, 0.29) is 11.7 Å². The monoisotopic (exact) mass is 592 g/mol. The Bertz CT molecular complexity index is 1300. The fourth-order valence-electron chi connectivity index (χ4n) is 6.89. The van der Waals surface area contributed by atoms with Crippen molar-refractivity contribution in [1.29, 1.82) is 0 Å². The third-order valence-electron chi connectivity index (χ3n) is 9.16. The third-order valence-corrected chi connectivity index (χ3v) is 9.16. The molecule has 2 aromatic carbocycles. The molecule has 3 atom stereocenters. The molecule has 0 bridgehead atoms. The average Bonchev–Trinajstić information content (AvgIpc) is 3.62. The Balaban J connectivity index is 0.000000410. The van der Waals surface area contributed by atoms with Crippen molar-refractivity contribution in [3.63, 3.8) is 0 Å². The summed E-state index contributed by atoms with van der Waals surface area (Å²) in [4.78, 5) is 13.0. The van der Waals surface area contributed by atoms with Gasteiger partial charge in [-0.1, -0.05) is 44.5 Å². The van der Waals surface area contributed by atoms with E-state index in [4.69, 9.17) is 10.2 Å². The fourth-order valence-corrected chi connectivity index (χ4v) is 6.89. The molecule has 2 heterocycles. The number of nitrogens with zero attached hydrogens (tertiary/aromatic N) is 3. The number of hydrogen-bond acceptors (Lipinski definition) is 5. The van der Waals surface area contributed by atoms with Crippen molar-refractivity contribution < 1.29 is 19.4 Å². The molecule has 7 nitrogen and oxygen atoms in total. The molecule has 1 saturated carbocycles. The molecule has 0 radical (unpaired) electrons. The standard InChI is InChI=1S/C29H36FN3O.C6H13NO2/c1-2-33-29(19-26(31-33)17-21-9-11-27(34)12-10-21)22-13-15-32(16-14-22)20-24-6-4-8-28(24)23-5-3-7-25(30)18-23;1-4(2)5(7-3)6(8)9/h3,5,7,9-12,18-19,22,24,28,34H,2,4,6,8,13-17,20H2,1H3;4-5,7H,1-3H3,(H,8,9)/t24?,28-;/m1./s1. The fraction of sp³-hybridized carbons (Fsp3) is 0.543. The van der Waals surface area contributed by atoms with Crippen molar-refractivity contribution in [3.05, 3.63) is 82.9 Å². The zero-order valence-electron chi connectivity index (χ0n) is 26.2. The van der Waals surface area contributed by atoms with Gasteiger partial charge in [-0.3, -0.25) is 9.48 Å². The van der Waals surface area contributed by atoms with Gasteiger partial charge in [0.1, 0.15) is 17.6 Å². The number of halogens is 1. The van der Waals surface area contributed by atoms with Gasteiger partial charge < -0.3 is 20.4 Å². The Labute approximate surface area is 256 Å². The number of hydrogen-bond donors (Lipinski definition) is 3. The molecular weight excluding hydrogens is 543 g/mol. The lowest BCUT2D eigenvalue weighted by Crippen LogP contribution is -2.38. The number of phenolic OH excluding ortho intramolecular Hbond substituents is 1. The van der Waals surface area contributed by atoms with E-state index in [0.717, 1.165) is 38.3 Å². The highest BCUT2D eigenvalue weighted by atomic mass is 19.1. The van der Waals surface area contributed by atoms with Crippen molar-refractivity contribution >= 4 is 5.97 Å². The number of likely N-dealkylation sites (N-methyl/N-ethyl adjacent to an activating group) is 1. The van der Waals surface area contributed by atoms with Crippen molar-refractivity contribution in [3.8, 4) is 5.75 Å². The number of aromatic nitrogens is 2. The first kappa shape index (κ1) is 32.7. The lowest BCUT2D eigenvalue weighted by molar-refractivity contribution is -0.140. The normalized spacial score (nSPS) is 20.1. The van der Waals surface area contributed by atoms with E-state index < -0.39 is 12.0 Å². The molecule has 0 amide bonds. The van der Waals surface area contributed by atoms with E-state index in [2.05, 4.69) is 34.0 Å². The van der Waals surface area contributed by atoms with Crippen molar-refractivity contribution in [2.45, 2.75) is 83.7 Å². The number of phenols is 1. The topological polar surface area (TPSA) is 90.6 Å². The maximum atomic E-state index is 13.8. The lowest BCUT2D eigenvalue weighted by atomic mass is 9.87. The van der Waals surface area contributed by atoms with Crippen molar-refractivity contribution in [2.75, 3.05) is 26.7 Å². The van der Waals surface area contributed by atoms with Crippen LogP contribution in [0.4, 0.5) is 4.39 Å². The number of aliphatic carboxylic acids is 1. The van der Waals surface area contributed by atoms with Crippen LogP contribution in [-0.4, -0.2) is 63.6 Å². The van der Waals surface area contributed by atoms with Gasteiger partial charge in [0.05, 0.1) is 5.69 Å². The van der Waals surface area contributed by atoms with Gasteiger partial charge in [-0.25, -0.2) is 4.39 Å². The molecular formula is C35H49FN4O3. The molecule has 3 N–H and O–H groups in total. The summed E-state index contributed by atoms with van der Waals surface area (Å²) in [5, 5.41) is 25.6. The van der Waals surface area contributed by atoms with Crippen LogP contribution in [0.3, 0.4) is 0 Å². The second kappa shape index (κ2) is 15.5. The number of aromatic hydroxyl groups is 1. The van der Waals surface area contributed by atoms with Crippen LogP contribution >= 0.6 is 0 Å². The van der Waals surface area contributed by atoms with Gasteiger partial charge in [-0.15, -0.1) is 0 Å². The maximum absolute atomic E-state index is 13.8. The average molecular weight is 593 g/mol. The molecule has 2 aliphatic rings. The van der Waals surface area contributed by atoms with E-state index in [0.29, 0.717) is 23.5 Å².